The number of hydrogen-bond acceptors (Lipinski definition) is 4. The van der Waals surface area contributed by atoms with E-state index in [-0.39, 0.29) is 11.8 Å². The largest absolute Gasteiger partial charge is 0.483 e. The number of benzene rings is 2. The van der Waals surface area contributed by atoms with E-state index in [2.05, 4.69) is 18.2 Å². The van der Waals surface area contributed by atoms with Crippen LogP contribution in [-0.4, -0.2) is 28.7 Å². The molecule has 5 rings (SSSR count). The summed E-state index contributed by atoms with van der Waals surface area (Å²) in [4.78, 5) is 12.0. The van der Waals surface area contributed by atoms with Crippen molar-refractivity contribution >= 4 is 29.2 Å². The van der Waals surface area contributed by atoms with Crippen LogP contribution in [0.3, 0.4) is 0 Å². The molecule has 0 bridgehead atoms. The summed E-state index contributed by atoms with van der Waals surface area (Å²) in [5, 5.41) is 22.8. The van der Waals surface area contributed by atoms with Gasteiger partial charge in [0.05, 0.1) is 18.0 Å². The van der Waals surface area contributed by atoms with Crippen molar-refractivity contribution in [2.75, 3.05) is 0 Å². The number of ether oxygens (including phenoxy) is 1. The van der Waals surface area contributed by atoms with Gasteiger partial charge >= 0.3 is 0 Å². The van der Waals surface area contributed by atoms with Gasteiger partial charge in [-0.2, -0.15) is 0 Å². The minimum Gasteiger partial charge on any atom is -0.483 e. The van der Waals surface area contributed by atoms with Crippen LogP contribution in [0.5, 0.6) is 0 Å². The summed E-state index contributed by atoms with van der Waals surface area (Å²) in [7, 11) is 0. The van der Waals surface area contributed by atoms with E-state index in [1.807, 2.05) is 43.3 Å². The number of aldehydes is 1. The fraction of sp³-hybridized carbons (Fsp3) is 0.320. The van der Waals surface area contributed by atoms with E-state index in [0.29, 0.717) is 18.6 Å². The van der Waals surface area contributed by atoms with E-state index in [4.69, 9.17) is 4.74 Å². The average Bonchev–Trinajstić information content (AvgIpc) is 3.35. The monoisotopic (exact) mass is 388 g/mol. The van der Waals surface area contributed by atoms with Crippen molar-refractivity contribution in [3.05, 3.63) is 70.5 Å². The smallest absolute Gasteiger partial charge is 0.179 e. The van der Waals surface area contributed by atoms with Gasteiger partial charge in [0.1, 0.15) is 0 Å². The maximum absolute atomic E-state index is 12.0. The third-order valence-corrected chi connectivity index (χ3v) is 6.33. The lowest BCUT2D eigenvalue weighted by atomic mass is 9.96. The van der Waals surface area contributed by atoms with Crippen LogP contribution in [0.2, 0.25) is 0 Å². The third kappa shape index (κ3) is 3.22. The fourth-order valence-corrected chi connectivity index (χ4v) is 4.59. The Kier molecular flexibility index (Phi) is 4.41. The van der Waals surface area contributed by atoms with Crippen molar-refractivity contribution in [3.8, 4) is 0 Å². The van der Waals surface area contributed by atoms with Crippen LogP contribution in [0, 0.1) is 11.8 Å². The number of hydrogen-bond donors (Lipinski definition) is 2. The molecule has 148 valence electrons. The molecule has 5 atom stereocenters. The van der Waals surface area contributed by atoms with Gasteiger partial charge in [0.15, 0.2) is 12.4 Å². The number of fused-ring (bicyclic) bond motifs is 1. The Balaban J connectivity index is 1.48. The third-order valence-electron chi connectivity index (χ3n) is 6.33. The maximum atomic E-state index is 12.0. The maximum Gasteiger partial charge on any atom is 0.179 e. The number of rotatable bonds is 4. The Morgan fingerprint density at radius 3 is 2.66 bits per heavy atom. The van der Waals surface area contributed by atoms with E-state index in [9.17, 15) is 15.0 Å². The van der Waals surface area contributed by atoms with Crippen molar-refractivity contribution < 1.29 is 19.7 Å². The topological polar surface area (TPSA) is 66.8 Å². The van der Waals surface area contributed by atoms with Gasteiger partial charge in [-0.3, -0.25) is 4.79 Å². The molecule has 0 aliphatic heterocycles. The summed E-state index contributed by atoms with van der Waals surface area (Å²) >= 11 is 0. The first-order valence-electron chi connectivity index (χ1n) is 10.2. The number of carbonyl (C=O) groups excluding carboxylic acids is 1. The molecule has 4 heteroatoms. The van der Waals surface area contributed by atoms with Crippen molar-refractivity contribution in [1.29, 1.82) is 0 Å². The molecule has 5 unspecified atom stereocenters. The summed E-state index contributed by atoms with van der Waals surface area (Å²) in [6.45, 7) is 1.91. The Morgan fingerprint density at radius 1 is 1.07 bits per heavy atom. The summed E-state index contributed by atoms with van der Waals surface area (Å²) < 4.78 is 6.22. The normalized spacial score (nSPS) is 30.3. The molecular weight excluding hydrogens is 364 g/mol. The highest BCUT2D eigenvalue weighted by molar-refractivity contribution is 6.06. The van der Waals surface area contributed by atoms with E-state index < -0.39 is 18.3 Å². The molecule has 0 heterocycles. The van der Waals surface area contributed by atoms with Gasteiger partial charge in [-0.05, 0) is 28.0 Å². The van der Waals surface area contributed by atoms with E-state index in [1.54, 1.807) is 0 Å². The molecule has 0 fully saturated rings. The molecule has 4 nitrogen and oxygen atoms in total. The zero-order valence-electron chi connectivity index (χ0n) is 16.3. The highest BCUT2D eigenvalue weighted by atomic mass is 16.5. The SMILES string of the molecule is CC1/C=C(/OC(C=O)c2ccc3c4c(cccc24)C=C3)CC2=CC2C(O)CC1O. The predicted octanol–water partition coefficient (Wildman–Crippen LogP) is 4.17. The van der Waals surface area contributed by atoms with Gasteiger partial charge in [0.2, 0.25) is 0 Å². The molecule has 0 radical (unpaired) electrons. The highest BCUT2D eigenvalue weighted by Gasteiger charge is 2.36. The zero-order valence-corrected chi connectivity index (χ0v) is 16.3. The second kappa shape index (κ2) is 6.97. The summed E-state index contributed by atoms with van der Waals surface area (Å²) in [6, 6.07) is 10.1. The zero-order chi connectivity index (χ0) is 20.1. The van der Waals surface area contributed by atoms with Crippen LogP contribution in [0.15, 0.2) is 53.8 Å². The van der Waals surface area contributed by atoms with Crippen molar-refractivity contribution in [2.45, 2.75) is 38.1 Å². The van der Waals surface area contributed by atoms with Crippen LogP contribution in [0.1, 0.15) is 42.6 Å². The molecule has 3 aliphatic carbocycles. The Bertz CT molecular complexity index is 1070. The van der Waals surface area contributed by atoms with Crippen LogP contribution >= 0.6 is 0 Å². The molecule has 29 heavy (non-hydrogen) atoms. The van der Waals surface area contributed by atoms with Crippen LogP contribution < -0.4 is 0 Å². The van der Waals surface area contributed by atoms with Gasteiger partial charge in [-0.25, -0.2) is 0 Å². The molecular formula is C25H24O4. The molecule has 2 aromatic rings. The van der Waals surface area contributed by atoms with Crippen LogP contribution in [0.25, 0.3) is 22.9 Å². The van der Waals surface area contributed by atoms with E-state index >= 15 is 0 Å². The predicted molar refractivity (Wildman–Crippen MR) is 113 cm³/mol. The number of aliphatic hydroxyl groups excluding tert-OH is 2. The standard InChI is InChI=1S/C25H24O4/c1-14-9-18(10-17-11-21(17)23(28)12-22(14)27)29-24(13-26)19-8-7-16-6-5-15-3-2-4-20(19)25(15)16/h2-9,11,13-14,21-24,27-28H,10,12H2,1H3/b18-9+. The van der Waals surface area contributed by atoms with Gasteiger partial charge in [0, 0.05) is 30.2 Å². The number of aliphatic hydroxyl groups is 2. The van der Waals surface area contributed by atoms with Crippen LogP contribution in [0.4, 0.5) is 0 Å². The minimum atomic E-state index is -0.723. The second-order valence-corrected chi connectivity index (χ2v) is 8.33. The van der Waals surface area contributed by atoms with Crippen molar-refractivity contribution in [2.24, 2.45) is 11.8 Å². The number of carbonyl (C=O) groups is 1. The molecule has 0 saturated heterocycles. The lowest BCUT2D eigenvalue weighted by Crippen LogP contribution is -2.24. The van der Waals surface area contributed by atoms with E-state index in [1.165, 1.54) is 0 Å². The highest BCUT2D eigenvalue weighted by Crippen LogP contribution is 2.42. The molecule has 2 aromatic carbocycles. The Labute approximate surface area is 169 Å². The minimum absolute atomic E-state index is 0.0134. The Hall–Kier alpha value is -2.69. The van der Waals surface area contributed by atoms with E-state index in [0.717, 1.165) is 39.3 Å². The molecule has 0 spiro atoms. The van der Waals surface area contributed by atoms with Crippen molar-refractivity contribution in [3.63, 3.8) is 0 Å². The molecule has 0 saturated carbocycles. The summed E-state index contributed by atoms with van der Waals surface area (Å²) in [5.74, 6) is 0.527. The molecule has 0 aromatic heterocycles. The Morgan fingerprint density at radius 2 is 1.86 bits per heavy atom. The first-order valence-corrected chi connectivity index (χ1v) is 10.2. The molecule has 0 amide bonds. The second-order valence-electron chi connectivity index (χ2n) is 8.33. The average molecular weight is 388 g/mol. The molecule has 2 N–H and O–H groups in total. The first kappa shape index (κ1) is 18.3. The molecule has 3 aliphatic rings. The fourth-order valence-electron chi connectivity index (χ4n) is 4.59. The summed E-state index contributed by atoms with van der Waals surface area (Å²) in [5.41, 5.74) is 4.27. The van der Waals surface area contributed by atoms with Gasteiger partial charge in [-0.1, -0.05) is 61.1 Å². The van der Waals surface area contributed by atoms with Crippen LogP contribution in [-0.2, 0) is 9.53 Å². The van der Waals surface area contributed by atoms with Gasteiger partial charge in [-0.15, -0.1) is 0 Å². The lowest BCUT2D eigenvalue weighted by Gasteiger charge is -2.21. The lowest BCUT2D eigenvalue weighted by molar-refractivity contribution is -0.116. The quantitative estimate of drug-likeness (QED) is 0.520. The summed E-state index contributed by atoms with van der Waals surface area (Å²) in [6.07, 6.45) is 7.92. The van der Waals surface area contributed by atoms with Gasteiger partial charge < -0.3 is 14.9 Å². The first-order chi connectivity index (χ1) is 14.0. The van der Waals surface area contributed by atoms with Gasteiger partial charge in [0.25, 0.3) is 0 Å². The van der Waals surface area contributed by atoms with Crippen molar-refractivity contribution in [1.82, 2.24) is 0 Å². The number of allylic oxidation sites excluding steroid dienone is 1.